The summed E-state index contributed by atoms with van der Waals surface area (Å²) >= 11 is 4.45. The van der Waals surface area contributed by atoms with E-state index >= 15 is 0 Å². The van der Waals surface area contributed by atoms with Crippen molar-refractivity contribution in [1.29, 1.82) is 0 Å². The third-order valence-corrected chi connectivity index (χ3v) is 7.89. The van der Waals surface area contributed by atoms with Crippen molar-refractivity contribution in [2.45, 2.75) is 82.8 Å². The van der Waals surface area contributed by atoms with Gasteiger partial charge in [0.1, 0.15) is 0 Å². The highest BCUT2D eigenvalue weighted by molar-refractivity contribution is 8.07. The van der Waals surface area contributed by atoms with Crippen molar-refractivity contribution in [3.63, 3.8) is 0 Å². The number of hydrogen-bond acceptors (Lipinski definition) is 3. The second-order valence-electron chi connectivity index (χ2n) is 5.97. The van der Waals surface area contributed by atoms with Crippen molar-refractivity contribution >= 4 is 23.5 Å². The molecule has 120 valence electrons. The summed E-state index contributed by atoms with van der Waals surface area (Å²) in [5.41, 5.74) is 0. The van der Waals surface area contributed by atoms with Gasteiger partial charge in [0.25, 0.3) is 0 Å². The van der Waals surface area contributed by atoms with Crippen molar-refractivity contribution in [2.24, 2.45) is 5.92 Å². The van der Waals surface area contributed by atoms with Gasteiger partial charge in [-0.25, -0.2) is 0 Å². The summed E-state index contributed by atoms with van der Waals surface area (Å²) in [4.78, 5) is 0. The molecule has 0 radical (unpaired) electrons. The molecule has 4 unspecified atom stereocenters. The van der Waals surface area contributed by atoms with E-state index in [1.165, 1.54) is 50.0 Å². The van der Waals surface area contributed by atoms with Gasteiger partial charge in [0.2, 0.25) is 0 Å². The fourth-order valence-corrected chi connectivity index (χ4v) is 6.53. The third-order valence-electron chi connectivity index (χ3n) is 4.49. The molecule has 1 N–H and O–H groups in total. The van der Waals surface area contributed by atoms with Crippen LogP contribution in [0.4, 0.5) is 0 Å². The lowest BCUT2D eigenvalue weighted by Crippen LogP contribution is -2.46. The molecule has 1 saturated heterocycles. The Labute approximate surface area is 135 Å². The third kappa shape index (κ3) is 6.19. The summed E-state index contributed by atoms with van der Waals surface area (Å²) in [6, 6.07) is 0.726. The van der Waals surface area contributed by atoms with Gasteiger partial charge >= 0.3 is 0 Å². The van der Waals surface area contributed by atoms with Crippen LogP contribution in [0.15, 0.2) is 0 Å². The van der Waals surface area contributed by atoms with Gasteiger partial charge in [-0.05, 0) is 25.3 Å². The molecular weight excluding hydrogens is 282 g/mol. The molecule has 4 atom stereocenters. The minimum atomic E-state index is 0.726. The number of nitrogens with one attached hydrogen (secondary N) is 1. The largest absolute Gasteiger partial charge is 0.313 e. The fourth-order valence-electron chi connectivity index (χ4n) is 3.25. The van der Waals surface area contributed by atoms with Crippen LogP contribution in [0.3, 0.4) is 0 Å². The summed E-state index contributed by atoms with van der Waals surface area (Å²) < 4.78 is 0. The Morgan fingerprint density at radius 3 is 2.45 bits per heavy atom. The molecular formula is C17H35NS2. The molecule has 1 heterocycles. The van der Waals surface area contributed by atoms with Crippen LogP contribution < -0.4 is 5.32 Å². The van der Waals surface area contributed by atoms with Crippen molar-refractivity contribution in [3.8, 4) is 0 Å². The van der Waals surface area contributed by atoms with Crippen LogP contribution in [0, 0.1) is 5.92 Å². The Morgan fingerprint density at radius 2 is 1.85 bits per heavy atom. The predicted octanol–water partition coefficient (Wildman–Crippen LogP) is 5.20. The average molecular weight is 318 g/mol. The lowest BCUT2D eigenvalue weighted by atomic mass is 9.89. The smallest absolute Gasteiger partial charge is 0.0320 e. The molecule has 0 bridgehead atoms. The van der Waals surface area contributed by atoms with Gasteiger partial charge in [-0.2, -0.15) is 23.5 Å². The second-order valence-corrected chi connectivity index (χ2v) is 8.60. The number of thioether (sulfide) groups is 2. The van der Waals surface area contributed by atoms with Crippen LogP contribution in [-0.2, 0) is 0 Å². The molecule has 1 aliphatic heterocycles. The fraction of sp³-hybridized carbons (Fsp3) is 1.00. The highest BCUT2D eigenvalue weighted by atomic mass is 32.2. The SMILES string of the molecule is CCCCC(CC)CC(NCC)C1SCCSC1CC. The van der Waals surface area contributed by atoms with Crippen molar-refractivity contribution in [3.05, 3.63) is 0 Å². The molecule has 1 nitrogen and oxygen atoms in total. The molecule has 0 aromatic rings. The highest BCUT2D eigenvalue weighted by Crippen LogP contribution is 2.37. The number of rotatable bonds is 10. The van der Waals surface area contributed by atoms with Crippen LogP contribution in [0.2, 0.25) is 0 Å². The molecule has 1 fully saturated rings. The Bertz CT molecular complexity index is 235. The van der Waals surface area contributed by atoms with Crippen molar-refractivity contribution in [2.75, 3.05) is 18.1 Å². The predicted molar refractivity (Wildman–Crippen MR) is 98.2 cm³/mol. The van der Waals surface area contributed by atoms with Crippen LogP contribution in [0.25, 0.3) is 0 Å². The van der Waals surface area contributed by atoms with Gasteiger partial charge < -0.3 is 5.32 Å². The highest BCUT2D eigenvalue weighted by Gasteiger charge is 2.32. The molecule has 1 rings (SSSR count). The van der Waals surface area contributed by atoms with Gasteiger partial charge in [0.15, 0.2) is 0 Å². The molecule has 0 aromatic heterocycles. The van der Waals surface area contributed by atoms with E-state index < -0.39 is 0 Å². The summed E-state index contributed by atoms with van der Waals surface area (Å²) in [5.74, 6) is 3.62. The molecule has 0 saturated carbocycles. The quantitative estimate of drug-likeness (QED) is 0.595. The second kappa shape index (κ2) is 11.3. The first kappa shape index (κ1) is 18.7. The minimum Gasteiger partial charge on any atom is -0.313 e. The average Bonchev–Trinajstić information content (AvgIpc) is 2.50. The zero-order chi connectivity index (χ0) is 14.8. The molecule has 0 aliphatic carbocycles. The first-order valence-electron chi connectivity index (χ1n) is 8.73. The van der Waals surface area contributed by atoms with Crippen LogP contribution in [-0.4, -0.2) is 34.6 Å². The summed E-state index contributed by atoms with van der Waals surface area (Å²) in [7, 11) is 0. The van der Waals surface area contributed by atoms with Gasteiger partial charge in [-0.1, -0.05) is 53.4 Å². The standard InChI is InChI=1S/C17H35NS2/c1-5-9-10-14(6-2)13-15(18-8-4)17-16(7-3)19-11-12-20-17/h14-18H,5-13H2,1-4H3. The lowest BCUT2D eigenvalue weighted by molar-refractivity contribution is 0.343. The summed E-state index contributed by atoms with van der Waals surface area (Å²) in [6.07, 6.45) is 8.24. The molecule has 0 amide bonds. The van der Waals surface area contributed by atoms with Crippen molar-refractivity contribution < 1.29 is 0 Å². The van der Waals surface area contributed by atoms with Gasteiger partial charge in [0.05, 0.1) is 0 Å². The zero-order valence-electron chi connectivity index (χ0n) is 14.0. The van der Waals surface area contributed by atoms with Gasteiger partial charge in [-0.15, -0.1) is 0 Å². The van der Waals surface area contributed by atoms with E-state index in [2.05, 4.69) is 56.5 Å². The maximum atomic E-state index is 3.82. The molecule has 20 heavy (non-hydrogen) atoms. The molecule has 0 spiro atoms. The maximum Gasteiger partial charge on any atom is 0.0320 e. The summed E-state index contributed by atoms with van der Waals surface area (Å²) in [6.45, 7) is 10.4. The van der Waals surface area contributed by atoms with E-state index in [1.807, 2.05) is 0 Å². The monoisotopic (exact) mass is 317 g/mol. The Hall–Kier alpha value is 0.660. The first-order valence-corrected chi connectivity index (χ1v) is 10.8. The van der Waals surface area contributed by atoms with E-state index in [1.54, 1.807) is 0 Å². The van der Waals surface area contributed by atoms with Crippen molar-refractivity contribution in [1.82, 2.24) is 5.32 Å². The Morgan fingerprint density at radius 1 is 1.10 bits per heavy atom. The molecule has 1 aliphatic rings. The number of unbranched alkanes of at least 4 members (excludes halogenated alkanes) is 1. The van der Waals surface area contributed by atoms with Gasteiger partial charge in [-0.3, -0.25) is 0 Å². The van der Waals surface area contributed by atoms with Gasteiger partial charge in [0, 0.05) is 28.0 Å². The van der Waals surface area contributed by atoms with E-state index in [4.69, 9.17) is 0 Å². The Balaban J connectivity index is 2.60. The van der Waals surface area contributed by atoms with E-state index in [0.717, 1.165) is 29.0 Å². The van der Waals surface area contributed by atoms with E-state index in [9.17, 15) is 0 Å². The summed E-state index contributed by atoms with van der Waals surface area (Å²) in [5, 5.41) is 5.51. The Kier molecular flexibility index (Phi) is 10.5. The first-order chi connectivity index (χ1) is 9.76. The normalized spacial score (nSPS) is 26.4. The minimum absolute atomic E-state index is 0.726. The molecule has 3 heteroatoms. The lowest BCUT2D eigenvalue weighted by Gasteiger charge is -2.38. The van der Waals surface area contributed by atoms with E-state index in [0.29, 0.717) is 0 Å². The zero-order valence-corrected chi connectivity index (χ0v) is 15.6. The molecule has 0 aromatic carbocycles. The van der Waals surface area contributed by atoms with Crippen LogP contribution in [0.5, 0.6) is 0 Å². The topological polar surface area (TPSA) is 12.0 Å². The van der Waals surface area contributed by atoms with E-state index in [-0.39, 0.29) is 0 Å². The number of hydrogen-bond donors (Lipinski definition) is 1. The van der Waals surface area contributed by atoms with Crippen LogP contribution >= 0.6 is 23.5 Å². The maximum absolute atomic E-state index is 3.82. The van der Waals surface area contributed by atoms with Crippen LogP contribution in [0.1, 0.15) is 66.2 Å².